The van der Waals surface area contributed by atoms with E-state index in [1.807, 2.05) is 6.07 Å². The second-order valence-corrected chi connectivity index (χ2v) is 5.64. The fourth-order valence-electron chi connectivity index (χ4n) is 1.43. The van der Waals surface area contributed by atoms with Gasteiger partial charge in [-0.25, -0.2) is 4.79 Å². The van der Waals surface area contributed by atoms with E-state index < -0.39 is 0 Å². The van der Waals surface area contributed by atoms with Gasteiger partial charge < -0.3 is 10.5 Å². The number of hydrogen-bond acceptors (Lipinski definition) is 4. The van der Waals surface area contributed by atoms with Crippen molar-refractivity contribution >= 4 is 23.4 Å². The largest absolute Gasteiger partial charge is 0.462 e. The number of benzene rings is 1. The van der Waals surface area contributed by atoms with E-state index in [-0.39, 0.29) is 5.97 Å². The van der Waals surface area contributed by atoms with Crippen LogP contribution in [0.25, 0.3) is 0 Å². The van der Waals surface area contributed by atoms with Crippen LogP contribution in [0.2, 0.25) is 0 Å². The highest BCUT2D eigenvalue weighted by Crippen LogP contribution is 2.27. The highest BCUT2D eigenvalue weighted by molar-refractivity contribution is 7.99. The van der Waals surface area contributed by atoms with Gasteiger partial charge in [0, 0.05) is 10.6 Å². The molecule has 0 atom stereocenters. The maximum Gasteiger partial charge on any atom is 0.338 e. The third-order valence-electron chi connectivity index (χ3n) is 2.47. The summed E-state index contributed by atoms with van der Waals surface area (Å²) in [6.07, 6.45) is 1.16. The molecule has 0 saturated carbocycles. The van der Waals surface area contributed by atoms with Crippen LogP contribution in [0.1, 0.15) is 37.6 Å². The number of anilines is 1. The van der Waals surface area contributed by atoms with Crippen molar-refractivity contribution < 1.29 is 9.53 Å². The van der Waals surface area contributed by atoms with Crippen molar-refractivity contribution in [2.45, 2.75) is 32.1 Å². The van der Waals surface area contributed by atoms with Crippen molar-refractivity contribution in [3.63, 3.8) is 0 Å². The van der Waals surface area contributed by atoms with Crippen LogP contribution < -0.4 is 5.73 Å². The first-order chi connectivity index (χ1) is 8.54. The lowest BCUT2D eigenvalue weighted by molar-refractivity contribution is 0.0526. The van der Waals surface area contributed by atoms with Gasteiger partial charge in [-0.05, 0) is 43.2 Å². The molecule has 0 fully saturated rings. The molecule has 100 valence electrons. The Morgan fingerprint density at radius 1 is 1.44 bits per heavy atom. The molecule has 4 heteroatoms. The minimum atomic E-state index is -0.317. The van der Waals surface area contributed by atoms with Gasteiger partial charge in [-0.15, -0.1) is 11.8 Å². The molecule has 0 saturated heterocycles. The Hall–Kier alpha value is -1.16. The van der Waals surface area contributed by atoms with E-state index >= 15 is 0 Å². The Morgan fingerprint density at radius 3 is 2.72 bits per heavy atom. The van der Waals surface area contributed by atoms with Crippen LogP contribution in [-0.2, 0) is 4.74 Å². The Balaban J connectivity index is 2.65. The van der Waals surface area contributed by atoms with Crippen molar-refractivity contribution in [1.29, 1.82) is 0 Å². The summed E-state index contributed by atoms with van der Waals surface area (Å²) >= 11 is 1.73. The van der Waals surface area contributed by atoms with Gasteiger partial charge in [0.15, 0.2) is 0 Å². The first-order valence-corrected chi connectivity index (χ1v) is 7.22. The van der Waals surface area contributed by atoms with Gasteiger partial charge in [-0.3, -0.25) is 0 Å². The third kappa shape index (κ3) is 4.61. The van der Waals surface area contributed by atoms with E-state index in [0.717, 1.165) is 17.1 Å². The molecule has 0 bridgehead atoms. The third-order valence-corrected chi connectivity index (χ3v) is 3.60. The fraction of sp³-hybridized carbons (Fsp3) is 0.500. The molecule has 2 N–H and O–H groups in total. The molecule has 0 amide bonds. The first kappa shape index (κ1) is 14.9. The number of ether oxygens (including phenoxy) is 1. The number of thioether (sulfide) groups is 1. The standard InChI is InChI=1S/C14H21NO2S/c1-4-17-14(16)11-5-6-13(12(15)9-11)18-8-7-10(2)3/h5-6,9-10H,4,7-8,15H2,1-3H3. The topological polar surface area (TPSA) is 52.3 Å². The van der Waals surface area contributed by atoms with E-state index in [9.17, 15) is 4.79 Å². The zero-order chi connectivity index (χ0) is 13.5. The average Bonchev–Trinajstić information content (AvgIpc) is 2.31. The number of nitrogen functional groups attached to an aromatic ring is 1. The Bertz CT molecular complexity index is 405. The number of esters is 1. The molecule has 0 radical (unpaired) electrons. The van der Waals surface area contributed by atoms with Gasteiger partial charge in [0.2, 0.25) is 0 Å². The monoisotopic (exact) mass is 267 g/mol. The molecule has 0 aliphatic carbocycles. The summed E-state index contributed by atoms with van der Waals surface area (Å²) < 4.78 is 4.93. The molecule has 3 nitrogen and oxygen atoms in total. The molecule has 0 unspecified atom stereocenters. The molecule has 0 aliphatic heterocycles. The lowest BCUT2D eigenvalue weighted by Gasteiger charge is -2.08. The quantitative estimate of drug-likeness (QED) is 0.486. The maximum absolute atomic E-state index is 11.5. The van der Waals surface area contributed by atoms with Gasteiger partial charge in [0.25, 0.3) is 0 Å². The molecule has 18 heavy (non-hydrogen) atoms. The number of carbonyl (C=O) groups excluding carboxylic acids is 1. The van der Waals surface area contributed by atoms with Crippen LogP contribution in [0.4, 0.5) is 5.69 Å². The fourth-order valence-corrected chi connectivity index (χ4v) is 2.62. The average molecular weight is 267 g/mol. The smallest absolute Gasteiger partial charge is 0.338 e. The zero-order valence-electron chi connectivity index (χ0n) is 11.2. The molecule has 1 rings (SSSR count). The van der Waals surface area contributed by atoms with Gasteiger partial charge in [-0.1, -0.05) is 13.8 Å². The lowest BCUT2D eigenvalue weighted by atomic mass is 10.2. The highest BCUT2D eigenvalue weighted by Gasteiger charge is 2.09. The molecule has 0 spiro atoms. The van der Waals surface area contributed by atoms with E-state index in [1.54, 1.807) is 30.8 Å². The van der Waals surface area contributed by atoms with Gasteiger partial charge in [0.05, 0.1) is 12.2 Å². The second-order valence-electron chi connectivity index (χ2n) is 4.50. The minimum Gasteiger partial charge on any atom is -0.462 e. The summed E-state index contributed by atoms with van der Waals surface area (Å²) in [5, 5.41) is 0. The maximum atomic E-state index is 11.5. The Kier molecular flexibility index (Phi) is 6.05. The van der Waals surface area contributed by atoms with Crippen LogP contribution in [0.15, 0.2) is 23.1 Å². The molecule has 1 aromatic carbocycles. The van der Waals surface area contributed by atoms with Gasteiger partial charge >= 0.3 is 5.97 Å². The molecule has 1 aromatic rings. The molecule has 0 heterocycles. The van der Waals surface area contributed by atoms with Crippen LogP contribution in [0.3, 0.4) is 0 Å². The van der Waals surface area contributed by atoms with Crippen molar-refractivity contribution in [2.75, 3.05) is 18.1 Å². The van der Waals surface area contributed by atoms with Crippen LogP contribution in [0, 0.1) is 5.92 Å². The molecular weight excluding hydrogens is 246 g/mol. The normalized spacial score (nSPS) is 10.7. The molecule has 0 aliphatic rings. The van der Waals surface area contributed by atoms with Crippen LogP contribution in [-0.4, -0.2) is 18.3 Å². The summed E-state index contributed by atoms with van der Waals surface area (Å²) in [6, 6.07) is 5.36. The number of rotatable bonds is 6. The van der Waals surface area contributed by atoms with E-state index in [1.165, 1.54) is 0 Å². The molecular formula is C14H21NO2S. The summed E-state index contributed by atoms with van der Waals surface area (Å²) in [6.45, 7) is 6.57. The summed E-state index contributed by atoms with van der Waals surface area (Å²) in [5.74, 6) is 1.42. The Morgan fingerprint density at radius 2 is 2.17 bits per heavy atom. The SMILES string of the molecule is CCOC(=O)c1ccc(SCCC(C)C)c(N)c1. The lowest BCUT2D eigenvalue weighted by Crippen LogP contribution is -2.05. The van der Waals surface area contributed by atoms with Crippen LogP contribution in [0.5, 0.6) is 0 Å². The number of hydrogen-bond donors (Lipinski definition) is 1. The van der Waals surface area contributed by atoms with E-state index in [4.69, 9.17) is 10.5 Å². The van der Waals surface area contributed by atoms with Gasteiger partial charge in [0.1, 0.15) is 0 Å². The van der Waals surface area contributed by atoms with E-state index in [2.05, 4.69) is 13.8 Å². The first-order valence-electron chi connectivity index (χ1n) is 6.24. The molecule has 0 aromatic heterocycles. The van der Waals surface area contributed by atoms with Gasteiger partial charge in [-0.2, -0.15) is 0 Å². The summed E-state index contributed by atoms with van der Waals surface area (Å²) in [5.41, 5.74) is 7.11. The number of nitrogens with two attached hydrogens (primary N) is 1. The Labute approximate surface area is 113 Å². The summed E-state index contributed by atoms with van der Waals surface area (Å²) in [7, 11) is 0. The van der Waals surface area contributed by atoms with Crippen molar-refractivity contribution in [3.05, 3.63) is 23.8 Å². The van der Waals surface area contributed by atoms with Crippen molar-refractivity contribution in [1.82, 2.24) is 0 Å². The van der Waals surface area contributed by atoms with E-state index in [0.29, 0.717) is 23.8 Å². The van der Waals surface area contributed by atoms with Crippen LogP contribution >= 0.6 is 11.8 Å². The zero-order valence-corrected chi connectivity index (χ0v) is 12.0. The predicted molar refractivity (Wildman–Crippen MR) is 77.0 cm³/mol. The number of carbonyl (C=O) groups is 1. The van der Waals surface area contributed by atoms with Crippen molar-refractivity contribution in [2.24, 2.45) is 5.92 Å². The second kappa shape index (κ2) is 7.31. The predicted octanol–water partition coefficient (Wildman–Crippen LogP) is 3.58. The highest BCUT2D eigenvalue weighted by atomic mass is 32.2. The van der Waals surface area contributed by atoms with Crippen molar-refractivity contribution in [3.8, 4) is 0 Å². The minimum absolute atomic E-state index is 0.317. The summed E-state index contributed by atoms with van der Waals surface area (Å²) in [4.78, 5) is 12.6.